The average molecular weight is 275 g/mol. The summed E-state index contributed by atoms with van der Waals surface area (Å²) in [6.07, 6.45) is 5.30. The number of nitrogens with one attached hydrogen (secondary N) is 1. The van der Waals surface area contributed by atoms with Gasteiger partial charge in [0, 0.05) is 17.8 Å². The third-order valence-electron chi connectivity index (χ3n) is 3.85. The van der Waals surface area contributed by atoms with E-state index in [1.807, 2.05) is 49.5 Å². The van der Waals surface area contributed by atoms with Crippen LogP contribution in [-0.4, -0.2) is 14.5 Å². The standard InChI is InChI=1S/C17H13N3O/c1-11-6-8-18-10-15(11)20-13-5-3-2-4-12(13)16-14(20)7-9-19-17(16)21/h2-10H,1H3,(H,19,21). The number of hydrogen-bond donors (Lipinski definition) is 1. The van der Waals surface area contributed by atoms with Crippen molar-refractivity contribution in [3.05, 3.63) is 70.9 Å². The monoisotopic (exact) mass is 275 g/mol. The molecule has 102 valence electrons. The summed E-state index contributed by atoms with van der Waals surface area (Å²) in [5.41, 5.74) is 3.96. The third kappa shape index (κ3) is 1.62. The minimum atomic E-state index is -0.0657. The summed E-state index contributed by atoms with van der Waals surface area (Å²) in [6.45, 7) is 2.05. The smallest absolute Gasteiger partial charge is 0.258 e. The van der Waals surface area contributed by atoms with E-state index in [4.69, 9.17) is 0 Å². The van der Waals surface area contributed by atoms with Crippen molar-refractivity contribution in [1.82, 2.24) is 14.5 Å². The fraction of sp³-hybridized carbons (Fsp3) is 0.0588. The molecule has 3 aromatic heterocycles. The molecule has 0 fully saturated rings. The van der Waals surface area contributed by atoms with Crippen molar-refractivity contribution in [3.63, 3.8) is 0 Å². The quantitative estimate of drug-likeness (QED) is 0.580. The van der Waals surface area contributed by atoms with E-state index in [2.05, 4.69) is 14.5 Å². The molecule has 0 aliphatic carbocycles. The van der Waals surface area contributed by atoms with Crippen LogP contribution in [0, 0.1) is 6.92 Å². The van der Waals surface area contributed by atoms with Crippen LogP contribution in [0.1, 0.15) is 5.56 Å². The van der Waals surface area contributed by atoms with Crippen molar-refractivity contribution in [2.75, 3.05) is 0 Å². The van der Waals surface area contributed by atoms with E-state index < -0.39 is 0 Å². The van der Waals surface area contributed by atoms with Gasteiger partial charge >= 0.3 is 0 Å². The maximum atomic E-state index is 12.2. The van der Waals surface area contributed by atoms with Crippen molar-refractivity contribution < 1.29 is 0 Å². The lowest BCUT2D eigenvalue weighted by Gasteiger charge is -2.09. The van der Waals surface area contributed by atoms with Crippen molar-refractivity contribution in [3.8, 4) is 5.69 Å². The predicted octanol–water partition coefficient (Wildman–Crippen LogP) is 3.18. The molecule has 0 bridgehead atoms. The molecule has 0 radical (unpaired) electrons. The largest absolute Gasteiger partial charge is 0.328 e. The molecule has 0 amide bonds. The molecule has 1 aromatic carbocycles. The first-order valence-corrected chi connectivity index (χ1v) is 6.79. The molecule has 0 unspecified atom stereocenters. The Morgan fingerprint density at radius 1 is 1.10 bits per heavy atom. The number of pyridine rings is 2. The Balaban J connectivity index is 2.30. The minimum absolute atomic E-state index is 0.0657. The molecule has 4 aromatic rings. The molecule has 4 rings (SSSR count). The van der Waals surface area contributed by atoms with Crippen LogP contribution in [0.5, 0.6) is 0 Å². The number of hydrogen-bond acceptors (Lipinski definition) is 2. The summed E-state index contributed by atoms with van der Waals surface area (Å²) in [6, 6.07) is 11.9. The van der Waals surface area contributed by atoms with Crippen LogP contribution in [-0.2, 0) is 0 Å². The van der Waals surface area contributed by atoms with Gasteiger partial charge in [0.05, 0.1) is 28.3 Å². The summed E-state index contributed by atoms with van der Waals surface area (Å²) in [5, 5.41) is 1.67. The number of nitrogens with zero attached hydrogens (tertiary/aromatic N) is 2. The van der Waals surface area contributed by atoms with E-state index in [0.29, 0.717) is 0 Å². The van der Waals surface area contributed by atoms with Crippen molar-refractivity contribution in [2.24, 2.45) is 0 Å². The first kappa shape index (κ1) is 11.9. The van der Waals surface area contributed by atoms with Gasteiger partial charge in [-0.25, -0.2) is 0 Å². The maximum absolute atomic E-state index is 12.2. The number of fused-ring (bicyclic) bond motifs is 3. The van der Waals surface area contributed by atoms with E-state index in [1.54, 1.807) is 12.4 Å². The number of H-pyrrole nitrogens is 1. The number of aromatic nitrogens is 3. The van der Waals surface area contributed by atoms with Gasteiger partial charge in [0.1, 0.15) is 0 Å². The van der Waals surface area contributed by atoms with E-state index in [1.165, 1.54) is 0 Å². The van der Waals surface area contributed by atoms with E-state index in [0.717, 1.165) is 33.1 Å². The molecule has 4 nitrogen and oxygen atoms in total. The SMILES string of the molecule is Cc1ccncc1-n1c2ccccc2c2c(=O)[nH]ccc21. The highest BCUT2D eigenvalue weighted by Crippen LogP contribution is 2.30. The predicted molar refractivity (Wildman–Crippen MR) is 83.9 cm³/mol. The number of aryl methyl sites for hydroxylation is 1. The molecule has 0 aliphatic rings. The first-order valence-electron chi connectivity index (χ1n) is 6.79. The van der Waals surface area contributed by atoms with E-state index in [9.17, 15) is 4.79 Å². The van der Waals surface area contributed by atoms with Crippen LogP contribution in [0.15, 0.2) is 59.8 Å². The molecule has 3 heterocycles. The lowest BCUT2D eigenvalue weighted by molar-refractivity contribution is 1.11. The van der Waals surface area contributed by atoms with E-state index in [-0.39, 0.29) is 5.56 Å². The van der Waals surface area contributed by atoms with Gasteiger partial charge in [-0.15, -0.1) is 0 Å². The summed E-state index contributed by atoms with van der Waals surface area (Å²) in [4.78, 5) is 19.2. The van der Waals surface area contributed by atoms with Gasteiger partial charge in [0.2, 0.25) is 0 Å². The zero-order valence-corrected chi connectivity index (χ0v) is 11.5. The van der Waals surface area contributed by atoms with Crippen LogP contribution < -0.4 is 5.56 Å². The van der Waals surface area contributed by atoms with Crippen LogP contribution in [0.3, 0.4) is 0 Å². The minimum Gasteiger partial charge on any atom is -0.328 e. The fourth-order valence-corrected chi connectivity index (χ4v) is 2.87. The fourth-order valence-electron chi connectivity index (χ4n) is 2.87. The lowest BCUT2D eigenvalue weighted by atomic mass is 10.2. The van der Waals surface area contributed by atoms with Gasteiger partial charge in [-0.2, -0.15) is 0 Å². The maximum Gasteiger partial charge on any atom is 0.258 e. The summed E-state index contributed by atoms with van der Waals surface area (Å²) < 4.78 is 2.10. The zero-order chi connectivity index (χ0) is 14.4. The van der Waals surface area contributed by atoms with Gasteiger partial charge in [0.25, 0.3) is 5.56 Å². The normalized spacial score (nSPS) is 11.3. The van der Waals surface area contributed by atoms with Crippen LogP contribution in [0.25, 0.3) is 27.5 Å². The Labute approximate surface area is 120 Å². The molecule has 0 spiro atoms. The van der Waals surface area contributed by atoms with Gasteiger partial charge in [0.15, 0.2) is 0 Å². The number of para-hydroxylation sites is 1. The molecular weight excluding hydrogens is 262 g/mol. The second-order valence-corrected chi connectivity index (χ2v) is 5.08. The second-order valence-electron chi connectivity index (χ2n) is 5.08. The summed E-state index contributed by atoms with van der Waals surface area (Å²) in [5.74, 6) is 0. The van der Waals surface area contributed by atoms with E-state index >= 15 is 0 Å². The molecule has 4 heteroatoms. The highest BCUT2D eigenvalue weighted by atomic mass is 16.1. The van der Waals surface area contributed by atoms with Crippen molar-refractivity contribution in [1.29, 1.82) is 0 Å². The Kier molecular flexibility index (Phi) is 2.44. The number of aromatic amines is 1. The number of rotatable bonds is 1. The molecule has 1 N–H and O–H groups in total. The van der Waals surface area contributed by atoms with Crippen LogP contribution >= 0.6 is 0 Å². The lowest BCUT2D eigenvalue weighted by Crippen LogP contribution is -2.04. The first-order chi connectivity index (χ1) is 10.3. The van der Waals surface area contributed by atoms with Crippen LogP contribution in [0.2, 0.25) is 0 Å². The van der Waals surface area contributed by atoms with Crippen LogP contribution in [0.4, 0.5) is 0 Å². The Morgan fingerprint density at radius 3 is 2.81 bits per heavy atom. The summed E-state index contributed by atoms with van der Waals surface area (Å²) >= 11 is 0. The van der Waals surface area contributed by atoms with Gasteiger partial charge in [-0.3, -0.25) is 9.78 Å². The Bertz CT molecular complexity index is 1030. The number of benzene rings is 1. The Hall–Kier alpha value is -2.88. The highest BCUT2D eigenvalue weighted by molar-refractivity contribution is 6.08. The van der Waals surface area contributed by atoms with Crippen molar-refractivity contribution >= 4 is 21.8 Å². The topological polar surface area (TPSA) is 50.7 Å². The second kappa shape index (κ2) is 4.31. The van der Waals surface area contributed by atoms with Gasteiger partial charge in [-0.05, 0) is 30.7 Å². The average Bonchev–Trinajstić information content (AvgIpc) is 2.83. The molecule has 0 atom stereocenters. The molecule has 0 saturated heterocycles. The third-order valence-corrected chi connectivity index (χ3v) is 3.85. The molecule has 21 heavy (non-hydrogen) atoms. The molecule has 0 saturated carbocycles. The molecular formula is C17H13N3O. The van der Waals surface area contributed by atoms with Gasteiger partial charge < -0.3 is 9.55 Å². The highest BCUT2D eigenvalue weighted by Gasteiger charge is 2.15. The van der Waals surface area contributed by atoms with Crippen molar-refractivity contribution in [2.45, 2.75) is 6.92 Å². The molecule has 0 aliphatic heterocycles. The zero-order valence-electron chi connectivity index (χ0n) is 11.5. The Morgan fingerprint density at radius 2 is 1.95 bits per heavy atom. The van der Waals surface area contributed by atoms with Gasteiger partial charge in [-0.1, -0.05) is 18.2 Å². The summed E-state index contributed by atoms with van der Waals surface area (Å²) in [7, 11) is 0.